The van der Waals surface area contributed by atoms with Crippen molar-refractivity contribution in [2.75, 3.05) is 19.8 Å². The smallest absolute Gasteiger partial charge is 0.0626 e. The Balaban J connectivity index is 3.76. The van der Waals surface area contributed by atoms with Crippen molar-refractivity contribution in [3.8, 4) is 12.3 Å². The third-order valence-electron chi connectivity index (χ3n) is 1.90. The summed E-state index contributed by atoms with van der Waals surface area (Å²) in [6.07, 6.45) is 5.33. The zero-order valence-corrected chi connectivity index (χ0v) is 9.18. The third-order valence-corrected chi connectivity index (χ3v) is 1.90. The van der Waals surface area contributed by atoms with Gasteiger partial charge in [-0.2, -0.15) is 0 Å². The van der Waals surface area contributed by atoms with E-state index in [0.717, 1.165) is 0 Å². The molecule has 13 heavy (non-hydrogen) atoms. The molecule has 0 saturated carbocycles. The van der Waals surface area contributed by atoms with Crippen LogP contribution in [0, 0.1) is 23.2 Å². The summed E-state index contributed by atoms with van der Waals surface area (Å²) in [5, 5.41) is 0. The summed E-state index contributed by atoms with van der Waals surface area (Å²) in [5.74, 6) is 2.69. The summed E-state index contributed by atoms with van der Waals surface area (Å²) < 4.78 is 5.52. The van der Waals surface area contributed by atoms with E-state index >= 15 is 0 Å². The molecular weight excluding hydrogens is 162 g/mol. The summed E-state index contributed by atoms with van der Waals surface area (Å²) in [6.45, 7) is 10.0. The third kappa shape index (κ3) is 5.68. The Bertz CT molecular complexity index is 189. The van der Waals surface area contributed by atoms with E-state index in [9.17, 15) is 0 Å². The first-order valence-corrected chi connectivity index (χ1v) is 4.58. The highest BCUT2D eigenvalue weighted by Crippen LogP contribution is 2.17. The molecule has 0 bridgehead atoms. The second-order valence-corrected chi connectivity index (χ2v) is 4.89. The van der Waals surface area contributed by atoms with Gasteiger partial charge < -0.3 is 10.5 Å². The number of ether oxygens (including phenoxy) is 1. The number of rotatable bonds is 5. The van der Waals surface area contributed by atoms with E-state index in [-0.39, 0.29) is 10.8 Å². The predicted molar refractivity (Wildman–Crippen MR) is 56.3 cm³/mol. The zero-order valence-electron chi connectivity index (χ0n) is 9.18. The lowest BCUT2D eigenvalue weighted by Crippen LogP contribution is -2.30. The van der Waals surface area contributed by atoms with Crippen LogP contribution in [-0.2, 0) is 4.74 Å². The molecule has 0 atom stereocenters. The van der Waals surface area contributed by atoms with Crippen LogP contribution in [-0.4, -0.2) is 19.8 Å². The molecule has 0 saturated heterocycles. The van der Waals surface area contributed by atoms with Crippen molar-refractivity contribution in [1.82, 2.24) is 0 Å². The topological polar surface area (TPSA) is 35.2 Å². The van der Waals surface area contributed by atoms with E-state index in [4.69, 9.17) is 16.9 Å². The van der Waals surface area contributed by atoms with Crippen LogP contribution >= 0.6 is 0 Å². The van der Waals surface area contributed by atoms with Crippen LogP contribution in [0.3, 0.4) is 0 Å². The fourth-order valence-electron chi connectivity index (χ4n) is 0.683. The van der Waals surface area contributed by atoms with E-state index in [1.165, 1.54) is 0 Å². The van der Waals surface area contributed by atoms with Gasteiger partial charge in [-0.05, 0) is 20.4 Å². The van der Waals surface area contributed by atoms with E-state index < -0.39 is 0 Å². The number of terminal acetylenes is 1. The lowest BCUT2D eigenvalue weighted by atomic mass is 9.94. The van der Waals surface area contributed by atoms with Gasteiger partial charge in [-0.25, -0.2) is 0 Å². The van der Waals surface area contributed by atoms with Gasteiger partial charge in [0.2, 0.25) is 0 Å². The number of hydrogen-bond acceptors (Lipinski definition) is 2. The van der Waals surface area contributed by atoms with Gasteiger partial charge in [0.05, 0.1) is 13.2 Å². The molecule has 76 valence electrons. The molecular formula is C11H21NO. The SMILES string of the molecule is C#CC(C)(C)COCC(C)(C)CN. The van der Waals surface area contributed by atoms with Crippen LogP contribution in [0.15, 0.2) is 0 Å². The summed E-state index contributed by atoms with van der Waals surface area (Å²) >= 11 is 0. The van der Waals surface area contributed by atoms with Gasteiger partial charge in [0.15, 0.2) is 0 Å². The van der Waals surface area contributed by atoms with Crippen molar-refractivity contribution in [3.63, 3.8) is 0 Å². The second kappa shape index (κ2) is 4.64. The molecule has 0 heterocycles. The molecule has 0 aliphatic heterocycles. The van der Waals surface area contributed by atoms with Gasteiger partial charge in [0, 0.05) is 10.8 Å². The molecule has 0 aliphatic rings. The Hall–Kier alpha value is -0.520. The zero-order chi connectivity index (χ0) is 10.5. The summed E-state index contributed by atoms with van der Waals surface area (Å²) in [4.78, 5) is 0. The average molecular weight is 183 g/mol. The van der Waals surface area contributed by atoms with Gasteiger partial charge in [-0.1, -0.05) is 19.8 Å². The van der Waals surface area contributed by atoms with Gasteiger partial charge in [0.1, 0.15) is 0 Å². The maximum Gasteiger partial charge on any atom is 0.0626 e. The number of hydrogen-bond donors (Lipinski definition) is 1. The maximum atomic E-state index is 5.57. The van der Waals surface area contributed by atoms with Crippen molar-refractivity contribution < 1.29 is 4.74 Å². The second-order valence-electron chi connectivity index (χ2n) is 4.89. The Morgan fingerprint density at radius 2 is 1.77 bits per heavy atom. The first-order chi connectivity index (χ1) is 5.83. The maximum absolute atomic E-state index is 5.57. The van der Waals surface area contributed by atoms with Crippen molar-refractivity contribution in [1.29, 1.82) is 0 Å². The average Bonchev–Trinajstić information content (AvgIpc) is 2.04. The molecule has 0 fully saturated rings. The van der Waals surface area contributed by atoms with Crippen LogP contribution < -0.4 is 5.73 Å². The van der Waals surface area contributed by atoms with Crippen molar-refractivity contribution in [2.45, 2.75) is 27.7 Å². The van der Waals surface area contributed by atoms with Crippen LogP contribution in [0.5, 0.6) is 0 Å². The minimum atomic E-state index is -0.176. The van der Waals surface area contributed by atoms with Crippen molar-refractivity contribution in [3.05, 3.63) is 0 Å². The van der Waals surface area contributed by atoms with Crippen molar-refractivity contribution >= 4 is 0 Å². The summed E-state index contributed by atoms with van der Waals surface area (Å²) in [6, 6.07) is 0. The van der Waals surface area contributed by atoms with E-state index in [2.05, 4.69) is 19.8 Å². The van der Waals surface area contributed by atoms with Crippen LogP contribution in [0.2, 0.25) is 0 Å². The quantitative estimate of drug-likeness (QED) is 0.658. The molecule has 0 unspecified atom stereocenters. The molecule has 2 N–H and O–H groups in total. The highest BCUT2D eigenvalue weighted by atomic mass is 16.5. The first-order valence-electron chi connectivity index (χ1n) is 4.58. The molecule has 2 nitrogen and oxygen atoms in total. The molecule has 0 aliphatic carbocycles. The predicted octanol–water partition coefficient (Wildman–Crippen LogP) is 1.65. The van der Waals surface area contributed by atoms with Crippen LogP contribution in [0.25, 0.3) is 0 Å². The Kier molecular flexibility index (Phi) is 4.46. The first kappa shape index (κ1) is 12.5. The van der Waals surface area contributed by atoms with Gasteiger partial charge >= 0.3 is 0 Å². The molecule has 0 aromatic rings. The standard InChI is InChI=1S/C11H21NO/c1-6-10(2,3)8-13-9-11(4,5)7-12/h1H,7-9,12H2,2-5H3. The molecule has 0 aromatic heterocycles. The highest BCUT2D eigenvalue weighted by molar-refractivity contribution is 5.00. The normalized spacial score (nSPS) is 12.6. The van der Waals surface area contributed by atoms with Crippen LogP contribution in [0.4, 0.5) is 0 Å². The van der Waals surface area contributed by atoms with Gasteiger partial charge in [-0.15, -0.1) is 6.42 Å². The molecule has 0 rings (SSSR count). The lowest BCUT2D eigenvalue weighted by molar-refractivity contribution is 0.0352. The fourth-order valence-corrected chi connectivity index (χ4v) is 0.683. The monoisotopic (exact) mass is 183 g/mol. The molecule has 0 amide bonds. The Morgan fingerprint density at radius 3 is 2.15 bits per heavy atom. The van der Waals surface area contributed by atoms with E-state index in [1.807, 2.05) is 13.8 Å². The molecule has 2 heteroatoms. The highest BCUT2D eigenvalue weighted by Gasteiger charge is 2.19. The molecule has 0 radical (unpaired) electrons. The van der Waals surface area contributed by atoms with Gasteiger partial charge in [0.25, 0.3) is 0 Å². The molecule has 0 spiro atoms. The fraction of sp³-hybridized carbons (Fsp3) is 0.818. The minimum Gasteiger partial charge on any atom is -0.379 e. The Labute approximate surface area is 81.8 Å². The molecule has 0 aromatic carbocycles. The van der Waals surface area contributed by atoms with E-state index in [0.29, 0.717) is 19.8 Å². The van der Waals surface area contributed by atoms with Crippen molar-refractivity contribution in [2.24, 2.45) is 16.6 Å². The largest absolute Gasteiger partial charge is 0.379 e. The lowest BCUT2D eigenvalue weighted by Gasteiger charge is -2.25. The number of nitrogens with two attached hydrogens (primary N) is 1. The summed E-state index contributed by atoms with van der Waals surface area (Å²) in [5.41, 5.74) is 5.44. The Morgan fingerprint density at radius 1 is 1.23 bits per heavy atom. The minimum absolute atomic E-state index is 0.0463. The van der Waals surface area contributed by atoms with Gasteiger partial charge in [-0.3, -0.25) is 0 Å². The summed E-state index contributed by atoms with van der Waals surface area (Å²) in [7, 11) is 0. The van der Waals surface area contributed by atoms with Crippen LogP contribution in [0.1, 0.15) is 27.7 Å². The van der Waals surface area contributed by atoms with E-state index in [1.54, 1.807) is 0 Å².